The third-order valence-electron chi connectivity index (χ3n) is 5.82. The number of hydrogen-bond donors (Lipinski definition) is 1. The molecule has 9 heteroatoms. The molecule has 0 spiro atoms. The molecule has 31 heavy (non-hydrogen) atoms. The van der Waals surface area contributed by atoms with Crippen LogP contribution in [0, 0.1) is 21.4 Å². The van der Waals surface area contributed by atoms with Crippen molar-refractivity contribution < 1.29 is 22.8 Å². The number of nitrogens with two attached hydrogens (primary N) is 1. The van der Waals surface area contributed by atoms with Crippen molar-refractivity contribution in [3.63, 3.8) is 0 Å². The minimum Gasteiger partial charge on any atom is -0.476 e. The second-order valence-corrected chi connectivity index (χ2v) is 7.51. The van der Waals surface area contributed by atoms with Crippen LogP contribution in [-0.2, 0) is 0 Å². The van der Waals surface area contributed by atoms with Gasteiger partial charge < -0.3 is 10.5 Å². The van der Waals surface area contributed by atoms with Gasteiger partial charge in [-0.3, -0.25) is 10.1 Å². The lowest BCUT2D eigenvalue weighted by atomic mass is 9.62. The molecule has 0 bridgehead atoms. The first-order valence-corrected chi connectivity index (χ1v) is 9.29. The highest BCUT2D eigenvalue weighted by molar-refractivity contribution is 5.85. The molecule has 2 aromatic rings. The number of halogens is 3. The van der Waals surface area contributed by atoms with Gasteiger partial charge in [0.2, 0.25) is 6.10 Å². The fourth-order valence-corrected chi connectivity index (χ4v) is 4.51. The topological polar surface area (TPSA) is 102 Å². The summed E-state index contributed by atoms with van der Waals surface area (Å²) >= 11 is 0. The van der Waals surface area contributed by atoms with E-state index in [1.54, 1.807) is 36.4 Å². The molecule has 1 heterocycles. The first-order chi connectivity index (χ1) is 14.6. The maximum atomic E-state index is 14.0. The molecule has 6 nitrogen and oxygen atoms in total. The summed E-state index contributed by atoms with van der Waals surface area (Å²) in [4.78, 5) is 11.9. The molecule has 2 aliphatic rings. The number of nitriles is 1. The smallest absolute Gasteiger partial charge is 0.429 e. The van der Waals surface area contributed by atoms with Crippen molar-refractivity contribution in [3.8, 4) is 11.8 Å². The van der Waals surface area contributed by atoms with E-state index in [1.165, 1.54) is 25.1 Å². The SMILES string of the molecule is C[C@]1([N+](=O)[O-])C(c2ccccc2)=C(C#N)C(N)=C2[C@@H]1c1ccccc1O[C@@H]2C(F)(F)F. The predicted molar refractivity (Wildman–Crippen MR) is 105 cm³/mol. The van der Waals surface area contributed by atoms with Gasteiger partial charge in [0.15, 0.2) is 0 Å². The van der Waals surface area contributed by atoms with Gasteiger partial charge >= 0.3 is 6.18 Å². The number of benzene rings is 2. The van der Waals surface area contributed by atoms with Crippen molar-refractivity contribution >= 4 is 5.57 Å². The summed E-state index contributed by atoms with van der Waals surface area (Å²) in [5.41, 5.74) is 3.25. The first kappa shape index (κ1) is 20.5. The van der Waals surface area contributed by atoms with Gasteiger partial charge in [-0.2, -0.15) is 18.4 Å². The lowest BCUT2D eigenvalue weighted by molar-refractivity contribution is -0.550. The van der Waals surface area contributed by atoms with Crippen LogP contribution < -0.4 is 10.5 Å². The Hall–Kier alpha value is -3.80. The summed E-state index contributed by atoms with van der Waals surface area (Å²) in [6.07, 6.45) is -7.40. The van der Waals surface area contributed by atoms with Gasteiger partial charge in [0.1, 0.15) is 11.8 Å². The van der Waals surface area contributed by atoms with Crippen molar-refractivity contribution in [2.45, 2.75) is 30.7 Å². The van der Waals surface area contributed by atoms with Gasteiger partial charge in [-0.05, 0) is 11.6 Å². The number of nitrogens with zero attached hydrogens (tertiary/aromatic N) is 2. The van der Waals surface area contributed by atoms with Gasteiger partial charge in [-0.15, -0.1) is 0 Å². The van der Waals surface area contributed by atoms with Gasteiger partial charge in [0.25, 0.3) is 5.54 Å². The van der Waals surface area contributed by atoms with Crippen LogP contribution in [0.5, 0.6) is 5.75 Å². The van der Waals surface area contributed by atoms with E-state index in [1.807, 2.05) is 6.07 Å². The van der Waals surface area contributed by atoms with Crippen molar-refractivity contribution in [1.82, 2.24) is 0 Å². The number of alkyl halides is 3. The van der Waals surface area contributed by atoms with Gasteiger partial charge in [-0.1, -0.05) is 48.5 Å². The van der Waals surface area contributed by atoms with E-state index in [0.717, 1.165) is 0 Å². The highest BCUT2D eigenvalue weighted by atomic mass is 19.4. The van der Waals surface area contributed by atoms with Crippen molar-refractivity contribution in [3.05, 3.63) is 92.7 Å². The largest absolute Gasteiger partial charge is 0.476 e. The normalized spacial score (nSPS) is 25.3. The van der Waals surface area contributed by atoms with Crippen LogP contribution in [-0.4, -0.2) is 22.7 Å². The lowest BCUT2D eigenvalue weighted by Gasteiger charge is -2.44. The Morgan fingerprint density at radius 1 is 1.16 bits per heavy atom. The molecule has 2 aromatic carbocycles. The Morgan fingerprint density at radius 3 is 2.35 bits per heavy atom. The summed E-state index contributed by atoms with van der Waals surface area (Å²) in [6.45, 7) is 1.24. The van der Waals surface area contributed by atoms with Gasteiger partial charge in [0, 0.05) is 23.0 Å². The third-order valence-corrected chi connectivity index (χ3v) is 5.82. The number of para-hydroxylation sites is 1. The fraction of sp³-hybridized carbons (Fsp3) is 0.227. The molecule has 0 saturated heterocycles. The number of fused-ring (bicyclic) bond motifs is 3. The molecular weight excluding hydrogens is 411 g/mol. The maximum absolute atomic E-state index is 14.0. The molecule has 3 atom stereocenters. The van der Waals surface area contributed by atoms with Crippen LogP contribution in [0.25, 0.3) is 5.57 Å². The molecule has 0 fully saturated rings. The number of nitro groups is 1. The Bertz CT molecular complexity index is 1180. The summed E-state index contributed by atoms with van der Waals surface area (Å²) in [6, 6.07) is 15.8. The van der Waals surface area contributed by atoms with E-state index in [9.17, 15) is 28.5 Å². The van der Waals surface area contributed by atoms with E-state index >= 15 is 0 Å². The van der Waals surface area contributed by atoms with Crippen LogP contribution in [0.2, 0.25) is 0 Å². The molecule has 0 radical (unpaired) electrons. The average Bonchev–Trinajstić information content (AvgIpc) is 2.74. The molecule has 158 valence electrons. The van der Waals surface area contributed by atoms with Crippen LogP contribution in [0.1, 0.15) is 24.0 Å². The number of ether oxygens (including phenoxy) is 1. The van der Waals surface area contributed by atoms with Crippen LogP contribution in [0.3, 0.4) is 0 Å². The summed E-state index contributed by atoms with van der Waals surface area (Å²) < 4.78 is 47.2. The minimum absolute atomic E-state index is 0.0236. The molecule has 0 aromatic heterocycles. The Balaban J connectivity index is 2.17. The van der Waals surface area contributed by atoms with Crippen LogP contribution in [0.15, 0.2) is 71.4 Å². The van der Waals surface area contributed by atoms with Crippen molar-refractivity contribution in [2.75, 3.05) is 0 Å². The zero-order chi connectivity index (χ0) is 22.6. The van der Waals surface area contributed by atoms with E-state index in [-0.39, 0.29) is 22.5 Å². The summed E-state index contributed by atoms with van der Waals surface area (Å²) in [7, 11) is 0. The third kappa shape index (κ3) is 2.86. The molecule has 1 aliphatic carbocycles. The Morgan fingerprint density at radius 2 is 1.77 bits per heavy atom. The molecule has 0 saturated carbocycles. The molecule has 0 unspecified atom stereocenters. The molecule has 2 N–H and O–H groups in total. The van der Waals surface area contributed by atoms with E-state index in [4.69, 9.17) is 10.5 Å². The minimum atomic E-state index is -4.89. The van der Waals surface area contributed by atoms with Gasteiger partial charge in [-0.25, -0.2) is 0 Å². The zero-order valence-corrected chi connectivity index (χ0v) is 16.2. The molecule has 0 amide bonds. The van der Waals surface area contributed by atoms with Crippen molar-refractivity contribution in [1.29, 1.82) is 5.26 Å². The highest BCUT2D eigenvalue weighted by Crippen LogP contribution is 2.57. The summed E-state index contributed by atoms with van der Waals surface area (Å²) in [5.74, 6) is -1.49. The predicted octanol–water partition coefficient (Wildman–Crippen LogP) is 4.33. The monoisotopic (exact) mass is 427 g/mol. The maximum Gasteiger partial charge on any atom is 0.429 e. The molecule has 4 rings (SSSR count). The number of rotatable bonds is 2. The summed E-state index contributed by atoms with van der Waals surface area (Å²) in [5, 5.41) is 22.3. The zero-order valence-electron chi connectivity index (χ0n) is 16.2. The van der Waals surface area contributed by atoms with Crippen molar-refractivity contribution in [2.24, 2.45) is 5.73 Å². The number of allylic oxidation sites excluding steroid dienone is 1. The standard InChI is InChI=1S/C22H16F3N3O3/c1-21(28(29)30)17(12-7-3-2-4-8-12)14(11-26)19(27)16-18(21)13-9-5-6-10-15(13)31-20(16)22(23,24)25/h2-10,18,20H,27H2,1H3/t18-,20-,21-/m0/s1. The lowest BCUT2D eigenvalue weighted by Crippen LogP contribution is -2.53. The van der Waals surface area contributed by atoms with E-state index in [2.05, 4.69) is 0 Å². The average molecular weight is 427 g/mol. The highest BCUT2D eigenvalue weighted by Gasteiger charge is 2.63. The quantitative estimate of drug-likeness (QED) is 0.568. The van der Waals surface area contributed by atoms with E-state index < -0.39 is 39.9 Å². The fourth-order valence-electron chi connectivity index (χ4n) is 4.51. The van der Waals surface area contributed by atoms with Crippen LogP contribution in [0.4, 0.5) is 13.2 Å². The Kier molecular flexibility index (Phi) is 4.54. The van der Waals surface area contributed by atoms with Gasteiger partial charge in [0.05, 0.1) is 22.8 Å². The van der Waals surface area contributed by atoms with E-state index in [0.29, 0.717) is 5.56 Å². The number of hydrogen-bond acceptors (Lipinski definition) is 5. The second-order valence-electron chi connectivity index (χ2n) is 7.51. The molecular formula is C22H16F3N3O3. The Labute approximate surface area is 175 Å². The second kappa shape index (κ2) is 6.87. The van der Waals surface area contributed by atoms with Crippen LogP contribution >= 0.6 is 0 Å². The molecule has 1 aliphatic heterocycles. The first-order valence-electron chi connectivity index (χ1n) is 9.29.